The smallest absolute Gasteiger partial charge is 0.334 e. The molecule has 0 unspecified atom stereocenters. The Kier molecular flexibility index (Phi) is 4.65. The van der Waals surface area contributed by atoms with Gasteiger partial charge in [0.1, 0.15) is 12.1 Å². The van der Waals surface area contributed by atoms with Gasteiger partial charge in [-0.2, -0.15) is 0 Å². The predicted molar refractivity (Wildman–Crippen MR) is 90.6 cm³/mol. The number of hydrogen-bond acceptors (Lipinski definition) is 7. The van der Waals surface area contributed by atoms with E-state index < -0.39 is 22.2 Å². The number of nitrogens with zero attached hydrogens (tertiary/aromatic N) is 4. The lowest BCUT2D eigenvalue weighted by molar-refractivity contribution is -0.383. The second kappa shape index (κ2) is 7.05. The fourth-order valence-electron chi connectivity index (χ4n) is 2.17. The standard InChI is InChI=1S/C16H12F2N6O2/c1-9-3-2-6-19-14(9)23-16-13(24(25)26)15(20-8-21-16)22-10-4-5-11(17)12(18)7-10/h2-8H,1H3,(H2,19,20,21,22,23). The summed E-state index contributed by atoms with van der Waals surface area (Å²) >= 11 is 0. The van der Waals surface area contributed by atoms with Crippen LogP contribution >= 0.6 is 0 Å². The van der Waals surface area contributed by atoms with Crippen molar-refractivity contribution in [3.8, 4) is 0 Å². The van der Waals surface area contributed by atoms with Gasteiger partial charge in [-0.15, -0.1) is 0 Å². The molecule has 0 aliphatic rings. The van der Waals surface area contributed by atoms with E-state index in [4.69, 9.17) is 0 Å². The van der Waals surface area contributed by atoms with Crippen molar-refractivity contribution in [2.75, 3.05) is 10.6 Å². The maximum absolute atomic E-state index is 13.4. The van der Waals surface area contributed by atoms with E-state index in [-0.39, 0.29) is 17.3 Å². The van der Waals surface area contributed by atoms with Gasteiger partial charge in [0.25, 0.3) is 0 Å². The van der Waals surface area contributed by atoms with E-state index in [2.05, 4.69) is 25.6 Å². The van der Waals surface area contributed by atoms with Crippen molar-refractivity contribution in [3.05, 3.63) is 70.2 Å². The summed E-state index contributed by atoms with van der Waals surface area (Å²) in [7, 11) is 0. The average Bonchev–Trinajstić information content (AvgIpc) is 2.60. The van der Waals surface area contributed by atoms with Crippen molar-refractivity contribution < 1.29 is 13.7 Å². The number of aryl methyl sites for hydroxylation is 1. The Hall–Kier alpha value is -3.69. The topological polar surface area (TPSA) is 106 Å². The summed E-state index contributed by atoms with van der Waals surface area (Å²) in [5, 5.41) is 16.9. The molecule has 3 aromatic rings. The van der Waals surface area contributed by atoms with E-state index in [9.17, 15) is 18.9 Å². The molecule has 10 heteroatoms. The molecule has 0 bridgehead atoms. The van der Waals surface area contributed by atoms with Gasteiger partial charge in [-0.05, 0) is 30.7 Å². The SMILES string of the molecule is Cc1cccnc1Nc1ncnc(Nc2ccc(F)c(F)c2)c1[N+](=O)[O-]. The number of nitrogens with one attached hydrogen (secondary N) is 2. The lowest BCUT2D eigenvalue weighted by atomic mass is 10.3. The van der Waals surface area contributed by atoms with Gasteiger partial charge >= 0.3 is 5.69 Å². The quantitative estimate of drug-likeness (QED) is 0.527. The number of hydrogen-bond donors (Lipinski definition) is 2. The summed E-state index contributed by atoms with van der Waals surface area (Å²) in [5.74, 6) is -1.98. The number of rotatable bonds is 5. The largest absolute Gasteiger partial charge is 0.353 e. The number of nitro groups is 1. The molecular weight excluding hydrogens is 346 g/mol. The van der Waals surface area contributed by atoms with Crippen LogP contribution in [-0.2, 0) is 0 Å². The minimum Gasteiger partial charge on any atom is -0.334 e. The first-order chi connectivity index (χ1) is 12.5. The number of benzene rings is 1. The highest BCUT2D eigenvalue weighted by molar-refractivity contribution is 5.76. The molecule has 1 aromatic carbocycles. The van der Waals surface area contributed by atoms with Gasteiger partial charge in [0.2, 0.25) is 11.6 Å². The maximum atomic E-state index is 13.4. The second-order valence-corrected chi connectivity index (χ2v) is 5.22. The molecular formula is C16H12F2N6O2. The lowest BCUT2D eigenvalue weighted by Crippen LogP contribution is -2.07. The van der Waals surface area contributed by atoms with Crippen LogP contribution in [0.4, 0.5) is 37.6 Å². The fraction of sp³-hybridized carbons (Fsp3) is 0.0625. The van der Waals surface area contributed by atoms with Crippen LogP contribution in [-0.4, -0.2) is 19.9 Å². The van der Waals surface area contributed by atoms with Gasteiger partial charge in [-0.3, -0.25) is 10.1 Å². The molecule has 0 aliphatic heterocycles. The Balaban J connectivity index is 1.99. The van der Waals surface area contributed by atoms with Gasteiger partial charge in [-0.1, -0.05) is 6.07 Å². The molecule has 0 saturated carbocycles. The number of anilines is 4. The number of pyridine rings is 1. The summed E-state index contributed by atoms with van der Waals surface area (Å²) < 4.78 is 26.4. The Labute approximate surface area is 146 Å². The lowest BCUT2D eigenvalue weighted by Gasteiger charge is -2.11. The van der Waals surface area contributed by atoms with Gasteiger partial charge in [-0.25, -0.2) is 23.7 Å². The molecule has 0 amide bonds. The Morgan fingerprint density at radius 1 is 1.00 bits per heavy atom. The van der Waals surface area contributed by atoms with E-state index in [0.717, 1.165) is 24.0 Å². The minimum absolute atomic E-state index is 0.0862. The van der Waals surface area contributed by atoms with Crippen molar-refractivity contribution in [2.45, 2.75) is 6.92 Å². The first kappa shape index (κ1) is 17.1. The molecule has 3 rings (SSSR count). The number of aromatic nitrogens is 3. The van der Waals surface area contributed by atoms with Crippen LogP contribution in [0.3, 0.4) is 0 Å². The van der Waals surface area contributed by atoms with Crippen molar-refractivity contribution in [2.24, 2.45) is 0 Å². The first-order valence-corrected chi connectivity index (χ1v) is 7.36. The predicted octanol–water partition coefficient (Wildman–Crippen LogP) is 3.85. The van der Waals surface area contributed by atoms with Crippen LogP contribution in [0, 0.1) is 28.7 Å². The van der Waals surface area contributed by atoms with E-state index in [1.165, 1.54) is 12.3 Å². The highest BCUT2D eigenvalue weighted by Gasteiger charge is 2.24. The summed E-state index contributed by atoms with van der Waals surface area (Å²) in [6.45, 7) is 1.78. The zero-order valence-electron chi connectivity index (χ0n) is 13.4. The van der Waals surface area contributed by atoms with Crippen LogP contribution < -0.4 is 10.6 Å². The van der Waals surface area contributed by atoms with Gasteiger partial charge in [0.15, 0.2) is 11.6 Å². The summed E-state index contributed by atoms with van der Waals surface area (Å²) in [6.07, 6.45) is 2.64. The molecule has 132 valence electrons. The summed E-state index contributed by atoms with van der Waals surface area (Å²) in [6, 6.07) is 6.52. The molecule has 0 saturated heterocycles. The molecule has 26 heavy (non-hydrogen) atoms. The van der Waals surface area contributed by atoms with E-state index in [1.807, 2.05) is 0 Å². The third-order valence-corrected chi connectivity index (χ3v) is 3.43. The molecule has 0 aliphatic carbocycles. The first-order valence-electron chi connectivity index (χ1n) is 7.36. The van der Waals surface area contributed by atoms with Crippen molar-refractivity contribution in [3.63, 3.8) is 0 Å². The number of halogens is 2. The van der Waals surface area contributed by atoms with Crippen LogP contribution in [0.25, 0.3) is 0 Å². The second-order valence-electron chi connectivity index (χ2n) is 5.22. The highest BCUT2D eigenvalue weighted by atomic mass is 19.2. The monoisotopic (exact) mass is 358 g/mol. The van der Waals surface area contributed by atoms with Crippen molar-refractivity contribution in [1.29, 1.82) is 0 Å². The highest BCUT2D eigenvalue weighted by Crippen LogP contribution is 2.33. The van der Waals surface area contributed by atoms with Crippen LogP contribution in [0.15, 0.2) is 42.9 Å². The molecule has 0 fully saturated rings. The third kappa shape index (κ3) is 3.53. The van der Waals surface area contributed by atoms with Crippen molar-refractivity contribution >= 4 is 28.8 Å². The summed E-state index contributed by atoms with van der Waals surface area (Å²) in [5.41, 5.74) is 0.406. The molecule has 0 spiro atoms. The third-order valence-electron chi connectivity index (χ3n) is 3.43. The van der Waals surface area contributed by atoms with Crippen molar-refractivity contribution in [1.82, 2.24) is 15.0 Å². The average molecular weight is 358 g/mol. The molecule has 0 atom stereocenters. The van der Waals surface area contributed by atoms with Crippen LogP contribution in [0.1, 0.15) is 5.56 Å². The van der Waals surface area contributed by atoms with Crippen LogP contribution in [0.2, 0.25) is 0 Å². The molecule has 8 nitrogen and oxygen atoms in total. The maximum Gasteiger partial charge on any atom is 0.353 e. The molecule has 2 heterocycles. The van der Waals surface area contributed by atoms with E-state index in [1.54, 1.807) is 19.1 Å². The van der Waals surface area contributed by atoms with E-state index in [0.29, 0.717) is 5.82 Å². The van der Waals surface area contributed by atoms with Gasteiger partial charge in [0.05, 0.1) is 4.92 Å². The minimum atomic E-state index is -1.09. The van der Waals surface area contributed by atoms with E-state index >= 15 is 0 Å². The Morgan fingerprint density at radius 3 is 2.38 bits per heavy atom. The van der Waals surface area contributed by atoms with Crippen LogP contribution in [0.5, 0.6) is 0 Å². The fourth-order valence-corrected chi connectivity index (χ4v) is 2.17. The van der Waals surface area contributed by atoms with Gasteiger partial charge < -0.3 is 10.6 Å². The van der Waals surface area contributed by atoms with Gasteiger partial charge in [0, 0.05) is 18.0 Å². The zero-order chi connectivity index (χ0) is 18.7. The summed E-state index contributed by atoms with van der Waals surface area (Å²) in [4.78, 5) is 22.7. The normalized spacial score (nSPS) is 10.4. The Bertz CT molecular complexity index is 983. The molecule has 2 aromatic heterocycles. The molecule has 2 N–H and O–H groups in total. The zero-order valence-corrected chi connectivity index (χ0v) is 13.4. The Morgan fingerprint density at radius 2 is 1.73 bits per heavy atom. The molecule has 0 radical (unpaired) electrons.